The number of nitrogens with one attached hydrogen (secondary N) is 1. The van der Waals surface area contributed by atoms with Gasteiger partial charge in [0.2, 0.25) is 5.91 Å². The summed E-state index contributed by atoms with van der Waals surface area (Å²) in [5.41, 5.74) is 5.35. The molecule has 0 aliphatic carbocycles. The van der Waals surface area contributed by atoms with Crippen molar-refractivity contribution in [2.75, 3.05) is 11.4 Å². The summed E-state index contributed by atoms with van der Waals surface area (Å²) >= 11 is 0. The van der Waals surface area contributed by atoms with Gasteiger partial charge in [0.1, 0.15) is 5.82 Å². The lowest BCUT2D eigenvalue weighted by Crippen LogP contribution is -2.25. The van der Waals surface area contributed by atoms with Crippen molar-refractivity contribution >= 4 is 35.0 Å². The maximum atomic E-state index is 12.5. The van der Waals surface area contributed by atoms with Crippen LogP contribution in [-0.2, 0) is 4.79 Å². The molecule has 5 heteroatoms. The Kier molecular flexibility index (Phi) is 4.33. The second kappa shape index (κ2) is 6.29. The van der Waals surface area contributed by atoms with Crippen molar-refractivity contribution in [3.8, 4) is 0 Å². The first-order chi connectivity index (χ1) is 11.1. The van der Waals surface area contributed by atoms with Crippen LogP contribution in [0.4, 0.5) is 5.69 Å². The number of fused-ring (bicyclic) bond motifs is 1. The number of para-hydroxylation sites is 1. The van der Waals surface area contributed by atoms with Crippen LogP contribution in [0.2, 0.25) is 0 Å². The lowest BCUT2D eigenvalue weighted by Gasteiger charge is -2.18. The van der Waals surface area contributed by atoms with Gasteiger partial charge in [-0.05, 0) is 43.2 Å². The van der Waals surface area contributed by atoms with Gasteiger partial charge in [-0.3, -0.25) is 4.79 Å². The summed E-state index contributed by atoms with van der Waals surface area (Å²) in [4.78, 5) is 22.4. The molecule has 2 aromatic carbocycles. The van der Waals surface area contributed by atoms with Gasteiger partial charge in [-0.15, -0.1) is 12.4 Å². The van der Waals surface area contributed by atoms with Gasteiger partial charge >= 0.3 is 0 Å². The fraction of sp³-hybridized carbons (Fsp3) is 0.263. The van der Waals surface area contributed by atoms with Crippen LogP contribution in [0.25, 0.3) is 11.0 Å². The minimum absolute atomic E-state index is 0. The number of benzene rings is 2. The summed E-state index contributed by atoms with van der Waals surface area (Å²) in [5.74, 6) is 1.20. The Morgan fingerprint density at radius 2 is 1.96 bits per heavy atom. The molecular weight excluding hydrogens is 322 g/mol. The van der Waals surface area contributed by atoms with Crippen molar-refractivity contribution in [2.24, 2.45) is 0 Å². The Labute approximate surface area is 147 Å². The Balaban J connectivity index is 0.00000169. The topological polar surface area (TPSA) is 49.0 Å². The first kappa shape index (κ1) is 16.5. The van der Waals surface area contributed by atoms with Gasteiger partial charge in [0, 0.05) is 24.6 Å². The molecule has 1 atom stereocenters. The molecule has 0 saturated carbocycles. The average molecular weight is 342 g/mol. The third kappa shape index (κ3) is 2.78. The number of nitrogens with zero attached hydrogens (tertiary/aromatic N) is 2. The Hall–Kier alpha value is -2.33. The first-order valence-corrected chi connectivity index (χ1v) is 7.94. The van der Waals surface area contributed by atoms with E-state index in [9.17, 15) is 4.79 Å². The van der Waals surface area contributed by atoms with Crippen LogP contribution in [0.3, 0.4) is 0 Å². The van der Waals surface area contributed by atoms with Gasteiger partial charge in [-0.25, -0.2) is 4.98 Å². The average Bonchev–Trinajstić information content (AvgIpc) is 3.11. The molecule has 3 aromatic rings. The van der Waals surface area contributed by atoms with Gasteiger partial charge in [-0.1, -0.05) is 24.3 Å². The molecule has 0 radical (unpaired) electrons. The van der Waals surface area contributed by atoms with Gasteiger partial charge in [0.15, 0.2) is 0 Å². The Morgan fingerprint density at radius 3 is 2.75 bits per heavy atom. The zero-order chi connectivity index (χ0) is 16.0. The monoisotopic (exact) mass is 341 g/mol. The minimum atomic E-state index is 0. The van der Waals surface area contributed by atoms with Crippen molar-refractivity contribution in [1.29, 1.82) is 0 Å². The van der Waals surface area contributed by atoms with E-state index >= 15 is 0 Å². The van der Waals surface area contributed by atoms with E-state index in [0.717, 1.165) is 28.1 Å². The predicted octanol–water partition coefficient (Wildman–Crippen LogP) is 4.12. The molecule has 1 saturated heterocycles. The van der Waals surface area contributed by atoms with Crippen LogP contribution < -0.4 is 4.90 Å². The van der Waals surface area contributed by atoms with Crippen molar-refractivity contribution in [2.45, 2.75) is 26.2 Å². The summed E-state index contributed by atoms with van der Waals surface area (Å²) in [6.07, 6.45) is 0.507. The predicted molar refractivity (Wildman–Crippen MR) is 99.0 cm³/mol. The molecule has 24 heavy (non-hydrogen) atoms. The number of anilines is 1. The smallest absolute Gasteiger partial charge is 0.227 e. The number of carbonyl (C=O) groups is 1. The second-order valence-corrected chi connectivity index (χ2v) is 6.33. The highest BCUT2D eigenvalue weighted by Crippen LogP contribution is 2.32. The number of H-pyrrole nitrogens is 1. The van der Waals surface area contributed by atoms with Gasteiger partial charge in [-0.2, -0.15) is 0 Å². The van der Waals surface area contributed by atoms with Gasteiger partial charge in [0.05, 0.1) is 11.0 Å². The normalized spacial score (nSPS) is 17.3. The number of aryl methyl sites for hydroxylation is 2. The molecule has 0 bridgehead atoms. The van der Waals surface area contributed by atoms with E-state index in [2.05, 4.69) is 29.0 Å². The molecule has 1 amide bonds. The van der Waals surface area contributed by atoms with E-state index in [1.165, 1.54) is 5.56 Å². The number of carbonyl (C=O) groups excluding carboxylic acids is 1. The SMILES string of the molecule is Cc1ccc2nc(C3CC(=O)N(c4ccccc4C)C3)[nH]c2c1.Cl. The van der Waals surface area contributed by atoms with Crippen molar-refractivity contribution in [1.82, 2.24) is 9.97 Å². The molecule has 1 aliphatic heterocycles. The molecule has 1 unspecified atom stereocenters. The number of rotatable bonds is 2. The van der Waals surface area contributed by atoms with Crippen LogP contribution >= 0.6 is 12.4 Å². The third-order valence-electron chi connectivity index (χ3n) is 4.57. The fourth-order valence-corrected chi connectivity index (χ4v) is 3.33. The Morgan fingerprint density at radius 1 is 1.17 bits per heavy atom. The number of hydrogen-bond acceptors (Lipinski definition) is 2. The minimum Gasteiger partial charge on any atom is -0.342 e. The highest BCUT2D eigenvalue weighted by Gasteiger charge is 2.33. The molecule has 124 valence electrons. The fourth-order valence-electron chi connectivity index (χ4n) is 3.33. The lowest BCUT2D eigenvalue weighted by atomic mass is 10.1. The molecule has 2 heterocycles. The summed E-state index contributed by atoms with van der Waals surface area (Å²) in [6.45, 7) is 4.79. The van der Waals surface area contributed by atoms with Crippen LogP contribution in [0.15, 0.2) is 42.5 Å². The van der Waals surface area contributed by atoms with Crippen molar-refractivity contribution in [3.05, 3.63) is 59.4 Å². The number of amides is 1. The number of aromatic nitrogens is 2. The standard InChI is InChI=1S/C19H19N3O.ClH/c1-12-7-8-15-16(9-12)21-19(20-15)14-10-18(23)22(11-14)17-6-4-3-5-13(17)2;/h3-9,14H,10-11H2,1-2H3,(H,20,21);1H. The highest BCUT2D eigenvalue weighted by atomic mass is 35.5. The molecule has 1 aliphatic rings. The molecule has 1 N–H and O–H groups in total. The van der Waals surface area contributed by atoms with Crippen LogP contribution in [0, 0.1) is 13.8 Å². The van der Waals surface area contributed by atoms with E-state index in [-0.39, 0.29) is 24.2 Å². The number of halogens is 1. The number of hydrogen-bond donors (Lipinski definition) is 1. The zero-order valence-electron chi connectivity index (χ0n) is 13.7. The quantitative estimate of drug-likeness (QED) is 0.762. The van der Waals surface area contributed by atoms with Crippen molar-refractivity contribution in [3.63, 3.8) is 0 Å². The van der Waals surface area contributed by atoms with E-state index in [1.54, 1.807) is 0 Å². The molecule has 0 spiro atoms. The number of imidazole rings is 1. The molecule has 4 rings (SSSR count). The maximum absolute atomic E-state index is 12.5. The van der Waals surface area contributed by atoms with Crippen LogP contribution in [-0.4, -0.2) is 22.4 Å². The molecule has 1 fully saturated rings. The molecule has 1 aromatic heterocycles. The van der Waals surface area contributed by atoms with Crippen LogP contribution in [0.1, 0.15) is 29.3 Å². The zero-order valence-corrected chi connectivity index (χ0v) is 14.6. The summed E-state index contributed by atoms with van der Waals surface area (Å²) in [5, 5.41) is 0. The van der Waals surface area contributed by atoms with Crippen LogP contribution in [0.5, 0.6) is 0 Å². The third-order valence-corrected chi connectivity index (χ3v) is 4.57. The summed E-state index contributed by atoms with van der Waals surface area (Å²) in [7, 11) is 0. The summed E-state index contributed by atoms with van der Waals surface area (Å²) in [6, 6.07) is 14.2. The van der Waals surface area contributed by atoms with E-state index in [0.29, 0.717) is 13.0 Å². The summed E-state index contributed by atoms with van der Waals surface area (Å²) < 4.78 is 0. The van der Waals surface area contributed by atoms with Gasteiger partial charge < -0.3 is 9.88 Å². The first-order valence-electron chi connectivity index (χ1n) is 7.94. The number of aromatic amines is 1. The van der Waals surface area contributed by atoms with E-state index in [1.807, 2.05) is 42.2 Å². The molecular formula is C19H20ClN3O. The largest absolute Gasteiger partial charge is 0.342 e. The molecule has 4 nitrogen and oxygen atoms in total. The van der Waals surface area contributed by atoms with E-state index < -0.39 is 0 Å². The van der Waals surface area contributed by atoms with Gasteiger partial charge in [0.25, 0.3) is 0 Å². The van der Waals surface area contributed by atoms with Crippen molar-refractivity contribution < 1.29 is 4.79 Å². The Bertz CT molecular complexity index is 903. The van der Waals surface area contributed by atoms with E-state index in [4.69, 9.17) is 0 Å². The maximum Gasteiger partial charge on any atom is 0.227 e. The lowest BCUT2D eigenvalue weighted by molar-refractivity contribution is -0.117. The second-order valence-electron chi connectivity index (χ2n) is 6.33. The highest BCUT2D eigenvalue weighted by molar-refractivity contribution is 5.97.